The quantitative estimate of drug-likeness (QED) is 0.557. The molecule has 1 amide bonds. The summed E-state index contributed by atoms with van der Waals surface area (Å²) < 4.78 is 8.39. The zero-order valence-corrected chi connectivity index (χ0v) is 17.3. The Hall–Kier alpha value is -2.82. The van der Waals surface area contributed by atoms with Crippen molar-refractivity contribution in [2.24, 2.45) is 5.92 Å². The van der Waals surface area contributed by atoms with Gasteiger partial charge < -0.3 is 14.6 Å². The Morgan fingerprint density at radius 1 is 1.14 bits per heavy atom. The summed E-state index contributed by atoms with van der Waals surface area (Å²) in [7, 11) is 0. The van der Waals surface area contributed by atoms with Crippen LogP contribution in [0.15, 0.2) is 42.5 Å². The molecule has 1 aromatic heterocycles. The van der Waals surface area contributed by atoms with E-state index >= 15 is 0 Å². The van der Waals surface area contributed by atoms with Crippen LogP contribution in [0.2, 0.25) is 0 Å². The summed E-state index contributed by atoms with van der Waals surface area (Å²) in [6.07, 6.45) is 3.81. The fourth-order valence-electron chi connectivity index (χ4n) is 3.78. The first kappa shape index (κ1) is 19.5. The van der Waals surface area contributed by atoms with E-state index in [1.165, 1.54) is 0 Å². The van der Waals surface area contributed by atoms with Gasteiger partial charge in [0, 0.05) is 18.9 Å². The highest BCUT2D eigenvalue weighted by Gasteiger charge is 2.29. The number of carbonyl (C=O) groups excluding carboxylic acids is 1. The van der Waals surface area contributed by atoms with Crippen LogP contribution in [-0.2, 0) is 17.8 Å². The summed E-state index contributed by atoms with van der Waals surface area (Å²) in [6, 6.07) is 14.4. The van der Waals surface area contributed by atoms with Crippen molar-refractivity contribution < 1.29 is 9.53 Å². The molecule has 1 saturated carbocycles. The van der Waals surface area contributed by atoms with Gasteiger partial charge >= 0.3 is 0 Å². The zero-order chi connectivity index (χ0) is 20.2. The van der Waals surface area contributed by atoms with Crippen LogP contribution in [0.3, 0.4) is 0 Å². The monoisotopic (exact) mass is 391 g/mol. The Morgan fingerprint density at radius 3 is 2.66 bits per heavy atom. The normalized spacial score (nSPS) is 13.6. The third-order valence-electron chi connectivity index (χ3n) is 5.53. The number of nitrogens with one attached hydrogen (secondary N) is 1. The molecule has 0 spiro atoms. The van der Waals surface area contributed by atoms with E-state index in [1.807, 2.05) is 12.1 Å². The third kappa shape index (κ3) is 4.61. The number of rotatable bonds is 9. The van der Waals surface area contributed by atoms with Crippen LogP contribution in [0.25, 0.3) is 11.0 Å². The van der Waals surface area contributed by atoms with Gasteiger partial charge in [-0.2, -0.15) is 0 Å². The van der Waals surface area contributed by atoms with Crippen LogP contribution >= 0.6 is 0 Å². The summed E-state index contributed by atoms with van der Waals surface area (Å²) in [5.41, 5.74) is 4.46. The summed E-state index contributed by atoms with van der Waals surface area (Å²) in [6.45, 7) is 6.21. The molecule has 0 radical (unpaired) electrons. The molecule has 1 N–H and O–H groups in total. The molecule has 0 aliphatic heterocycles. The van der Waals surface area contributed by atoms with Crippen molar-refractivity contribution >= 4 is 16.9 Å². The molecule has 0 saturated heterocycles. The number of amides is 1. The van der Waals surface area contributed by atoms with Crippen LogP contribution in [0, 0.1) is 19.8 Å². The Morgan fingerprint density at radius 2 is 1.90 bits per heavy atom. The van der Waals surface area contributed by atoms with E-state index in [2.05, 4.69) is 54.1 Å². The van der Waals surface area contributed by atoms with Crippen LogP contribution < -0.4 is 10.1 Å². The minimum absolute atomic E-state index is 0.209. The number of aryl methyl sites for hydroxylation is 3. The highest BCUT2D eigenvalue weighted by Crippen LogP contribution is 2.28. The second-order valence-electron chi connectivity index (χ2n) is 7.91. The lowest BCUT2D eigenvalue weighted by Crippen LogP contribution is -2.26. The van der Waals surface area contributed by atoms with Gasteiger partial charge in [-0.05, 0) is 56.4 Å². The molecule has 0 bridgehead atoms. The average molecular weight is 392 g/mol. The second-order valence-corrected chi connectivity index (χ2v) is 7.91. The first-order valence-electron chi connectivity index (χ1n) is 10.5. The summed E-state index contributed by atoms with van der Waals surface area (Å²) in [4.78, 5) is 16.6. The molecule has 0 unspecified atom stereocenters. The number of carbonyl (C=O) groups is 1. The fourth-order valence-corrected chi connectivity index (χ4v) is 3.78. The van der Waals surface area contributed by atoms with Gasteiger partial charge in [-0.1, -0.05) is 30.3 Å². The van der Waals surface area contributed by atoms with Gasteiger partial charge in [0.25, 0.3) is 0 Å². The maximum Gasteiger partial charge on any atom is 0.223 e. The minimum atomic E-state index is 0.209. The van der Waals surface area contributed by atoms with Crippen molar-refractivity contribution in [2.45, 2.75) is 46.1 Å². The molecule has 5 heteroatoms. The summed E-state index contributed by atoms with van der Waals surface area (Å²) in [5, 5.41) is 3.04. The van der Waals surface area contributed by atoms with Crippen molar-refractivity contribution in [1.29, 1.82) is 0 Å². The van der Waals surface area contributed by atoms with Crippen molar-refractivity contribution in [2.75, 3.05) is 13.2 Å². The zero-order valence-electron chi connectivity index (χ0n) is 17.3. The molecule has 4 rings (SSSR count). The fraction of sp³-hybridized carbons (Fsp3) is 0.417. The van der Waals surface area contributed by atoms with E-state index in [0.29, 0.717) is 13.2 Å². The van der Waals surface area contributed by atoms with Gasteiger partial charge in [-0.25, -0.2) is 4.98 Å². The Kier molecular flexibility index (Phi) is 5.84. The maximum absolute atomic E-state index is 11.8. The number of aromatic nitrogens is 2. The number of imidazole rings is 1. The second kappa shape index (κ2) is 8.68. The molecular weight excluding hydrogens is 362 g/mol. The largest absolute Gasteiger partial charge is 0.491 e. The smallest absolute Gasteiger partial charge is 0.223 e. The number of hydrogen-bond acceptors (Lipinski definition) is 3. The predicted octanol–water partition coefficient (Wildman–Crippen LogP) is 4.19. The molecule has 152 valence electrons. The van der Waals surface area contributed by atoms with E-state index in [9.17, 15) is 4.79 Å². The van der Waals surface area contributed by atoms with E-state index in [1.54, 1.807) is 0 Å². The number of nitrogens with zero attached hydrogens (tertiary/aromatic N) is 2. The SMILES string of the molecule is Cc1cccc(C)c1OCCn1c(CCCNC(=O)C2CC2)nc2ccccc21. The molecule has 29 heavy (non-hydrogen) atoms. The number of fused-ring (bicyclic) bond motifs is 1. The van der Waals surface area contributed by atoms with E-state index in [0.717, 1.165) is 66.0 Å². The molecule has 3 aromatic rings. The summed E-state index contributed by atoms with van der Waals surface area (Å²) >= 11 is 0. The summed E-state index contributed by atoms with van der Waals surface area (Å²) in [5.74, 6) is 2.50. The predicted molar refractivity (Wildman–Crippen MR) is 115 cm³/mol. The van der Waals surface area contributed by atoms with E-state index in [4.69, 9.17) is 9.72 Å². The highest BCUT2D eigenvalue weighted by molar-refractivity contribution is 5.80. The Bertz CT molecular complexity index is 984. The number of para-hydroxylation sites is 3. The number of hydrogen-bond donors (Lipinski definition) is 1. The standard InChI is InChI=1S/C24H29N3O2/c1-17-7-5-8-18(2)23(17)29-16-15-27-21-10-4-3-9-20(21)26-22(27)11-6-14-25-24(28)19-12-13-19/h3-5,7-10,19H,6,11-16H2,1-2H3,(H,25,28). The van der Waals surface area contributed by atoms with Crippen LogP contribution in [0.5, 0.6) is 5.75 Å². The number of ether oxygens (including phenoxy) is 1. The van der Waals surface area contributed by atoms with Crippen molar-refractivity contribution in [1.82, 2.24) is 14.9 Å². The van der Waals surface area contributed by atoms with Crippen LogP contribution in [0.1, 0.15) is 36.2 Å². The molecule has 1 aliphatic carbocycles. The van der Waals surface area contributed by atoms with Gasteiger partial charge in [0.1, 0.15) is 18.2 Å². The van der Waals surface area contributed by atoms with Gasteiger partial charge in [0.2, 0.25) is 5.91 Å². The first-order chi connectivity index (χ1) is 14.1. The Labute approximate surface area is 172 Å². The minimum Gasteiger partial charge on any atom is -0.491 e. The molecule has 5 nitrogen and oxygen atoms in total. The van der Waals surface area contributed by atoms with Crippen LogP contribution in [0.4, 0.5) is 0 Å². The Balaban J connectivity index is 1.41. The lowest BCUT2D eigenvalue weighted by molar-refractivity contribution is -0.122. The first-order valence-corrected chi connectivity index (χ1v) is 10.5. The van der Waals surface area contributed by atoms with Crippen molar-refractivity contribution in [3.8, 4) is 5.75 Å². The van der Waals surface area contributed by atoms with Gasteiger partial charge in [0.15, 0.2) is 0 Å². The van der Waals surface area contributed by atoms with Crippen molar-refractivity contribution in [3.05, 3.63) is 59.4 Å². The topological polar surface area (TPSA) is 56.1 Å². The average Bonchev–Trinajstić information content (AvgIpc) is 3.50. The lowest BCUT2D eigenvalue weighted by Gasteiger charge is -2.14. The maximum atomic E-state index is 11.8. The molecule has 1 heterocycles. The van der Waals surface area contributed by atoms with Gasteiger partial charge in [-0.15, -0.1) is 0 Å². The third-order valence-corrected chi connectivity index (χ3v) is 5.53. The lowest BCUT2D eigenvalue weighted by atomic mass is 10.1. The molecule has 1 fully saturated rings. The molecular formula is C24H29N3O2. The molecule has 2 aromatic carbocycles. The molecule has 0 atom stereocenters. The number of benzene rings is 2. The van der Waals surface area contributed by atoms with E-state index < -0.39 is 0 Å². The highest BCUT2D eigenvalue weighted by atomic mass is 16.5. The van der Waals surface area contributed by atoms with Gasteiger partial charge in [-0.3, -0.25) is 4.79 Å². The van der Waals surface area contributed by atoms with Crippen molar-refractivity contribution in [3.63, 3.8) is 0 Å². The molecule has 1 aliphatic rings. The van der Waals surface area contributed by atoms with Crippen LogP contribution in [-0.4, -0.2) is 28.6 Å². The van der Waals surface area contributed by atoms with Gasteiger partial charge in [0.05, 0.1) is 17.6 Å². The van der Waals surface area contributed by atoms with E-state index in [-0.39, 0.29) is 11.8 Å².